The lowest BCUT2D eigenvalue weighted by molar-refractivity contribution is 0.314. The summed E-state index contributed by atoms with van der Waals surface area (Å²) in [5.74, 6) is 0.875. The van der Waals surface area contributed by atoms with Gasteiger partial charge in [0.1, 0.15) is 12.4 Å². The molecule has 1 N–H and O–H groups in total. The quantitative estimate of drug-likeness (QED) is 0.588. The van der Waals surface area contributed by atoms with Crippen LogP contribution in [-0.2, 0) is 0 Å². The molecule has 0 aliphatic carbocycles. The molecule has 0 spiro atoms. The number of hydrogen-bond acceptors (Lipinski definition) is 2. The van der Waals surface area contributed by atoms with Gasteiger partial charge in [0.05, 0.1) is 5.38 Å². The van der Waals surface area contributed by atoms with Gasteiger partial charge in [0.25, 0.3) is 0 Å². The SMILES string of the molecule is ClC(CNCCOc1ccc(Br)cc1)c1ccccc1. The van der Waals surface area contributed by atoms with Crippen molar-refractivity contribution >= 4 is 27.5 Å². The van der Waals surface area contributed by atoms with Crippen LogP contribution in [0.3, 0.4) is 0 Å². The van der Waals surface area contributed by atoms with Gasteiger partial charge in [-0.1, -0.05) is 46.3 Å². The van der Waals surface area contributed by atoms with Gasteiger partial charge < -0.3 is 10.1 Å². The molecule has 0 aliphatic heterocycles. The van der Waals surface area contributed by atoms with Crippen molar-refractivity contribution in [2.75, 3.05) is 19.7 Å². The molecule has 0 fully saturated rings. The average Bonchev–Trinajstić information content (AvgIpc) is 2.49. The number of alkyl halides is 1. The molecular weight excluding hydrogens is 338 g/mol. The van der Waals surface area contributed by atoms with Crippen molar-refractivity contribution < 1.29 is 4.74 Å². The van der Waals surface area contributed by atoms with Crippen LogP contribution in [0.5, 0.6) is 5.75 Å². The van der Waals surface area contributed by atoms with Gasteiger partial charge in [0.2, 0.25) is 0 Å². The van der Waals surface area contributed by atoms with Gasteiger partial charge in [-0.05, 0) is 29.8 Å². The molecule has 2 nitrogen and oxygen atoms in total. The summed E-state index contributed by atoms with van der Waals surface area (Å²) >= 11 is 9.71. The smallest absolute Gasteiger partial charge is 0.119 e. The number of hydrogen-bond donors (Lipinski definition) is 1. The summed E-state index contributed by atoms with van der Waals surface area (Å²) in [4.78, 5) is 0. The first-order valence-corrected chi connectivity index (χ1v) is 7.77. The molecule has 1 atom stereocenters. The van der Waals surface area contributed by atoms with Crippen LogP contribution in [0.15, 0.2) is 59.1 Å². The third kappa shape index (κ3) is 5.16. The van der Waals surface area contributed by atoms with Crippen molar-refractivity contribution in [2.24, 2.45) is 0 Å². The van der Waals surface area contributed by atoms with E-state index in [-0.39, 0.29) is 5.38 Å². The molecule has 0 aliphatic rings. The normalized spacial score (nSPS) is 12.1. The number of halogens is 2. The number of ether oxygens (including phenoxy) is 1. The fourth-order valence-electron chi connectivity index (χ4n) is 1.78. The third-order valence-corrected chi connectivity index (χ3v) is 3.78. The van der Waals surface area contributed by atoms with Crippen molar-refractivity contribution in [3.63, 3.8) is 0 Å². The number of rotatable bonds is 7. The summed E-state index contributed by atoms with van der Waals surface area (Å²) < 4.78 is 6.67. The van der Waals surface area contributed by atoms with Crippen LogP contribution in [0, 0.1) is 0 Å². The lowest BCUT2D eigenvalue weighted by atomic mass is 10.1. The van der Waals surface area contributed by atoms with Crippen molar-refractivity contribution in [1.82, 2.24) is 5.32 Å². The van der Waals surface area contributed by atoms with Crippen LogP contribution in [-0.4, -0.2) is 19.7 Å². The van der Waals surface area contributed by atoms with E-state index in [0.717, 1.165) is 28.9 Å². The molecule has 0 saturated heterocycles. The van der Waals surface area contributed by atoms with Crippen molar-refractivity contribution in [3.8, 4) is 5.75 Å². The van der Waals surface area contributed by atoms with Gasteiger partial charge >= 0.3 is 0 Å². The highest BCUT2D eigenvalue weighted by molar-refractivity contribution is 9.10. The lowest BCUT2D eigenvalue weighted by Gasteiger charge is -2.11. The van der Waals surface area contributed by atoms with Gasteiger partial charge in [-0.2, -0.15) is 0 Å². The Balaban J connectivity index is 1.63. The minimum Gasteiger partial charge on any atom is -0.492 e. The molecule has 0 bridgehead atoms. The van der Waals surface area contributed by atoms with E-state index < -0.39 is 0 Å². The van der Waals surface area contributed by atoms with Gasteiger partial charge in [-0.25, -0.2) is 0 Å². The maximum atomic E-state index is 6.31. The van der Waals surface area contributed by atoms with Crippen LogP contribution < -0.4 is 10.1 Å². The summed E-state index contributed by atoms with van der Waals surface area (Å²) in [7, 11) is 0. The summed E-state index contributed by atoms with van der Waals surface area (Å²) in [5, 5.41) is 3.29. The highest BCUT2D eigenvalue weighted by Gasteiger charge is 2.05. The van der Waals surface area contributed by atoms with E-state index in [9.17, 15) is 0 Å². The second-order valence-electron chi connectivity index (χ2n) is 4.38. The van der Waals surface area contributed by atoms with Crippen molar-refractivity contribution in [1.29, 1.82) is 0 Å². The van der Waals surface area contributed by atoms with E-state index in [4.69, 9.17) is 16.3 Å². The first-order valence-electron chi connectivity index (χ1n) is 6.54. The maximum absolute atomic E-state index is 6.31. The zero-order valence-electron chi connectivity index (χ0n) is 11.1. The average molecular weight is 355 g/mol. The molecular formula is C16H17BrClNO. The highest BCUT2D eigenvalue weighted by atomic mass is 79.9. The molecule has 2 rings (SSSR count). The Labute approximate surface area is 133 Å². The predicted molar refractivity (Wildman–Crippen MR) is 87.5 cm³/mol. The van der Waals surface area contributed by atoms with Gasteiger partial charge in [-0.3, -0.25) is 0 Å². The molecule has 2 aromatic carbocycles. The van der Waals surface area contributed by atoms with Crippen LogP contribution in [0.4, 0.5) is 0 Å². The molecule has 0 heterocycles. The Morgan fingerprint density at radius 2 is 1.75 bits per heavy atom. The zero-order valence-corrected chi connectivity index (χ0v) is 13.4. The first kappa shape index (κ1) is 15.4. The summed E-state index contributed by atoms with van der Waals surface area (Å²) in [5.41, 5.74) is 1.13. The minimum atomic E-state index is -0.0103. The van der Waals surface area contributed by atoms with Crippen molar-refractivity contribution in [3.05, 3.63) is 64.6 Å². The van der Waals surface area contributed by atoms with E-state index >= 15 is 0 Å². The van der Waals surface area contributed by atoms with Crippen molar-refractivity contribution in [2.45, 2.75) is 5.38 Å². The zero-order chi connectivity index (χ0) is 14.2. The molecule has 4 heteroatoms. The molecule has 0 aromatic heterocycles. The Morgan fingerprint density at radius 1 is 1.05 bits per heavy atom. The molecule has 0 amide bonds. The standard InChI is InChI=1S/C16H17BrClNO/c17-14-6-8-15(9-7-14)20-11-10-19-12-16(18)13-4-2-1-3-5-13/h1-9,16,19H,10-12H2. The summed E-state index contributed by atoms with van der Waals surface area (Å²) in [6, 6.07) is 17.9. The highest BCUT2D eigenvalue weighted by Crippen LogP contribution is 2.18. The summed E-state index contributed by atoms with van der Waals surface area (Å²) in [6.07, 6.45) is 0. The van der Waals surface area contributed by atoms with Gasteiger partial charge in [0, 0.05) is 17.6 Å². The van der Waals surface area contributed by atoms with Crippen LogP contribution in [0.2, 0.25) is 0 Å². The Morgan fingerprint density at radius 3 is 2.45 bits per heavy atom. The fourth-order valence-corrected chi connectivity index (χ4v) is 2.30. The van der Waals surface area contributed by atoms with E-state index in [2.05, 4.69) is 21.2 Å². The second kappa shape index (κ2) is 8.30. The van der Waals surface area contributed by atoms with Crippen LogP contribution in [0.25, 0.3) is 0 Å². The van der Waals surface area contributed by atoms with Crippen LogP contribution >= 0.6 is 27.5 Å². The summed E-state index contributed by atoms with van der Waals surface area (Å²) in [6.45, 7) is 2.13. The maximum Gasteiger partial charge on any atom is 0.119 e. The number of benzene rings is 2. The van der Waals surface area contributed by atoms with E-state index in [1.54, 1.807) is 0 Å². The fraction of sp³-hybridized carbons (Fsp3) is 0.250. The molecule has 2 aromatic rings. The molecule has 20 heavy (non-hydrogen) atoms. The minimum absolute atomic E-state index is 0.0103. The first-order chi connectivity index (χ1) is 9.75. The van der Waals surface area contributed by atoms with Crippen LogP contribution in [0.1, 0.15) is 10.9 Å². The topological polar surface area (TPSA) is 21.3 Å². The van der Waals surface area contributed by atoms with E-state index in [1.807, 2.05) is 54.6 Å². The largest absolute Gasteiger partial charge is 0.492 e. The van der Waals surface area contributed by atoms with E-state index in [0.29, 0.717) is 6.61 Å². The number of nitrogens with one attached hydrogen (secondary N) is 1. The Hall–Kier alpha value is -1.03. The van der Waals surface area contributed by atoms with Gasteiger partial charge in [-0.15, -0.1) is 11.6 Å². The Kier molecular flexibility index (Phi) is 6.37. The second-order valence-corrected chi connectivity index (χ2v) is 5.83. The van der Waals surface area contributed by atoms with E-state index in [1.165, 1.54) is 0 Å². The lowest BCUT2D eigenvalue weighted by Crippen LogP contribution is -2.24. The molecule has 0 radical (unpaired) electrons. The predicted octanol–water partition coefficient (Wildman–Crippen LogP) is 4.40. The Bertz CT molecular complexity index is 504. The third-order valence-electron chi connectivity index (χ3n) is 2.85. The molecule has 0 saturated carbocycles. The van der Waals surface area contributed by atoms with Gasteiger partial charge in [0.15, 0.2) is 0 Å². The monoisotopic (exact) mass is 353 g/mol. The molecule has 1 unspecified atom stereocenters. The molecule has 106 valence electrons.